The molecule has 1 amide bonds. The van der Waals surface area contributed by atoms with E-state index in [4.69, 9.17) is 4.74 Å². The highest BCUT2D eigenvalue weighted by Crippen LogP contribution is 2.09. The monoisotopic (exact) mass is 250 g/mol. The molecular weight excluding hydrogens is 228 g/mol. The van der Waals surface area contributed by atoms with Gasteiger partial charge in [-0.2, -0.15) is 0 Å². The van der Waals surface area contributed by atoms with Gasteiger partial charge >= 0.3 is 0 Å². The Hall–Kier alpha value is -1.39. The van der Waals surface area contributed by atoms with Gasteiger partial charge in [0.2, 0.25) is 5.91 Å². The summed E-state index contributed by atoms with van der Waals surface area (Å²) in [6.07, 6.45) is 0. The lowest BCUT2D eigenvalue weighted by Crippen LogP contribution is -2.32. The molecule has 4 heteroatoms. The Morgan fingerprint density at radius 2 is 1.94 bits per heavy atom. The van der Waals surface area contributed by atoms with Crippen LogP contribution in [0.4, 0.5) is 0 Å². The molecule has 0 atom stereocenters. The fourth-order valence-corrected chi connectivity index (χ4v) is 1.54. The third-order valence-corrected chi connectivity index (χ3v) is 2.67. The molecule has 0 aliphatic rings. The van der Waals surface area contributed by atoms with E-state index in [0.717, 1.165) is 0 Å². The standard InChI is InChI=1S/C14H22N2O2/c1-4-18-11-13-8-6-5-7-12(13)9-15-10-14(17)16(2)3/h5-8,15H,4,9-11H2,1-3H3. The molecule has 18 heavy (non-hydrogen) atoms. The van der Waals surface area contributed by atoms with Crippen molar-refractivity contribution in [3.05, 3.63) is 35.4 Å². The van der Waals surface area contributed by atoms with E-state index in [0.29, 0.717) is 26.3 Å². The Morgan fingerprint density at radius 3 is 2.56 bits per heavy atom. The molecule has 1 rings (SSSR count). The number of nitrogens with one attached hydrogen (secondary N) is 1. The number of nitrogens with zero attached hydrogens (tertiary/aromatic N) is 1. The average molecular weight is 250 g/mol. The highest BCUT2D eigenvalue weighted by Gasteiger charge is 2.05. The summed E-state index contributed by atoms with van der Waals surface area (Å²) >= 11 is 0. The summed E-state index contributed by atoms with van der Waals surface area (Å²) < 4.78 is 5.42. The van der Waals surface area contributed by atoms with Gasteiger partial charge in [0.15, 0.2) is 0 Å². The van der Waals surface area contributed by atoms with Crippen LogP contribution in [-0.4, -0.2) is 38.1 Å². The van der Waals surface area contributed by atoms with Gasteiger partial charge in [0.1, 0.15) is 0 Å². The Kier molecular flexibility index (Phi) is 6.39. The molecular formula is C14H22N2O2. The van der Waals surface area contributed by atoms with Crippen LogP contribution >= 0.6 is 0 Å². The molecule has 0 bridgehead atoms. The molecule has 1 aromatic carbocycles. The van der Waals surface area contributed by atoms with Crippen LogP contribution in [0.2, 0.25) is 0 Å². The predicted molar refractivity (Wildman–Crippen MR) is 72.2 cm³/mol. The van der Waals surface area contributed by atoms with E-state index in [-0.39, 0.29) is 5.91 Å². The summed E-state index contributed by atoms with van der Waals surface area (Å²) in [5.41, 5.74) is 2.35. The van der Waals surface area contributed by atoms with Gasteiger partial charge in [-0.25, -0.2) is 0 Å². The van der Waals surface area contributed by atoms with Crippen LogP contribution in [0.3, 0.4) is 0 Å². The maximum absolute atomic E-state index is 11.4. The Morgan fingerprint density at radius 1 is 1.28 bits per heavy atom. The highest BCUT2D eigenvalue weighted by atomic mass is 16.5. The maximum Gasteiger partial charge on any atom is 0.236 e. The van der Waals surface area contributed by atoms with Crippen molar-refractivity contribution in [2.24, 2.45) is 0 Å². The molecule has 1 N–H and O–H groups in total. The number of rotatable bonds is 7. The van der Waals surface area contributed by atoms with E-state index in [2.05, 4.69) is 17.4 Å². The molecule has 0 spiro atoms. The smallest absolute Gasteiger partial charge is 0.236 e. The fraction of sp³-hybridized carbons (Fsp3) is 0.500. The first kappa shape index (κ1) is 14.7. The summed E-state index contributed by atoms with van der Waals surface area (Å²) in [4.78, 5) is 13.0. The number of hydrogen-bond donors (Lipinski definition) is 1. The lowest BCUT2D eigenvalue weighted by atomic mass is 10.1. The molecule has 0 saturated heterocycles. The van der Waals surface area contributed by atoms with E-state index >= 15 is 0 Å². The highest BCUT2D eigenvalue weighted by molar-refractivity contribution is 5.77. The number of amides is 1. The molecule has 0 aromatic heterocycles. The average Bonchev–Trinajstić information content (AvgIpc) is 2.37. The Labute approximate surface area is 109 Å². The maximum atomic E-state index is 11.4. The van der Waals surface area contributed by atoms with Crippen molar-refractivity contribution in [2.45, 2.75) is 20.1 Å². The van der Waals surface area contributed by atoms with Crippen LogP contribution in [0.5, 0.6) is 0 Å². The first-order valence-corrected chi connectivity index (χ1v) is 6.20. The molecule has 4 nitrogen and oxygen atoms in total. The number of benzene rings is 1. The molecule has 0 fully saturated rings. The van der Waals surface area contributed by atoms with Gasteiger partial charge < -0.3 is 15.0 Å². The van der Waals surface area contributed by atoms with Crippen LogP contribution in [0.25, 0.3) is 0 Å². The normalized spacial score (nSPS) is 10.4. The molecule has 100 valence electrons. The molecule has 0 saturated carbocycles. The molecule has 0 radical (unpaired) electrons. The van der Waals surface area contributed by atoms with E-state index in [1.54, 1.807) is 19.0 Å². The summed E-state index contributed by atoms with van der Waals surface area (Å²) in [6, 6.07) is 8.12. The van der Waals surface area contributed by atoms with Gasteiger partial charge in [-0.1, -0.05) is 24.3 Å². The molecule has 0 aliphatic carbocycles. The first-order valence-electron chi connectivity index (χ1n) is 6.20. The van der Waals surface area contributed by atoms with Crippen LogP contribution in [0.15, 0.2) is 24.3 Å². The van der Waals surface area contributed by atoms with E-state index < -0.39 is 0 Å². The summed E-state index contributed by atoms with van der Waals surface area (Å²) in [5, 5.41) is 3.15. The minimum Gasteiger partial charge on any atom is -0.377 e. The summed E-state index contributed by atoms with van der Waals surface area (Å²) in [6.45, 7) is 4.35. The Bertz CT molecular complexity index is 378. The van der Waals surface area contributed by atoms with Gasteiger partial charge in [0.25, 0.3) is 0 Å². The van der Waals surface area contributed by atoms with Gasteiger partial charge in [-0.3, -0.25) is 4.79 Å². The van der Waals surface area contributed by atoms with E-state index in [9.17, 15) is 4.79 Å². The largest absolute Gasteiger partial charge is 0.377 e. The number of hydrogen-bond acceptors (Lipinski definition) is 3. The minimum absolute atomic E-state index is 0.0808. The van der Waals surface area contributed by atoms with Crippen molar-refractivity contribution in [1.29, 1.82) is 0 Å². The third kappa shape index (κ3) is 4.85. The van der Waals surface area contributed by atoms with Crippen molar-refractivity contribution in [3.63, 3.8) is 0 Å². The van der Waals surface area contributed by atoms with Crippen molar-refractivity contribution >= 4 is 5.91 Å². The number of carbonyl (C=O) groups is 1. The number of ether oxygens (including phenoxy) is 1. The predicted octanol–water partition coefficient (Wildman–Crippen LogP) is 1.40. The van der Waals surface area contributed by atoms with Gasteiger partial charge in [-0.15, -0.1) is 0 Å². The molecule has 0 aliphatic heterocycles. The zero-order chi connectivity index (χ0) is 13.4. The second-order valence-electron chi connectivity index (χ2n) is 4.30. The second-order valence-corrected chi connectivity index (χ2v) is 4.30. The summed E-state index contributed by atoms with van der Waals surface area (Å²) in [5.74, 6) is 0.0808. The van der Waals surface area contributed by atoms with Crippen LogP contribution in [0.1, 0.15) is 18.1 Å². The van der Waals surface area contributed by atoms with Crippen molar-refractivity contribution in [2.75, 3.05) is 27.2 Å². The number of carbonyl (C=O) groups excluding carboxylic acids is 1. The van der Waals surface area contributed by atoms with Crippen molar-refractivity contribution < 1.29 is 9.53 Å². The van der Waals surface area contributed by atoms with E-state index in [1.165, 1.54) is 11.1 Å². The first-order chi connectivity index (χ1) is 8.65. The van der Waals surface area contributed by atoms with Crippen LogP contribution in [-0.2, 0) is 22.7 Å². The zero-order valence-corrected chi connectivity index (χ0v) is 11.4. The lowest BCUT2D eigenvalue weighted by Gasteiger charge is -2.13. The molecule has 1 aromatic rings. The fourth-order valence-electron chi connectivity index (χ4n) is 1.54. The minimum atomic E-state index is 0.0808. The lowest BCUT2D eigenvalue weighted by molar-refractivity contribution is -0.127. The van der Waals surface area contributed by atoms with Crippen LogP contribution in [0, 0.1) is 0 Å². The topological polar surface area (TPSA) is 41.6 Å². The van der Waals surface area contributed by atoms with Crippen molar-refractivity contribution in [1.82, 2.24) is 10.2 Å². The molecule has 0 unspecified atom stereocenters. The Balaban J connectivity index is 2.48. The van der Waals surface area contributed by atoms with Crippen molar-refractivity contribution in [3.8, 4) is 0 Å². The van der Waals surface area contributed by atoms with Gasteiger partial charge in [0.05, 0.1) is 13.2 Å². The van der Waals surface area contributed by atoms with Gasteiger partial charge in [-0.05, 0) is 18.1 Å². The SMILES string of the molecule is CCOCc1ccccc1CNCC(=O)N(C)C. The zero-order valence-electron chi connectivity index (χ0n) is 11.4. The van der Waals surface area contributed by atoms with Crippen LogP contribution < -0.4 is 5.32 Å². The molecule has 0 heterocycles. The second kappa shape index (κ2) is 7.84. The van der Waals surface area contributed by atoms with E-state index in [1.807, 2.05) is 19.1 Å². The summed E-state index contributed by atoms with van der Waals surface area (Å²) in [7, 11) is 3.51. The number of likely N-dealkylation sites (N-methyl/N-ethyl adjacent to an activating group) is 1. The quantitative estimate of drug-likeness (QED) is 0.795. The third-order valence-electron chi connectivity index (χ3n) is 2.67. The van der Waals surface area contributed by atoms with Gasteiger partial charge in [0, 0.05) is 27.2 Å².